The number of fused-ring (bicyclic) bond motifs is 1. The van der Waals surface area contributed by atoms with Crippen molar-refractivity contribution in [3.63, 3.8) is 0 Å². The summed E-state index contributed by atoms with van der Waals surface area (Å²) in [6, 6.07) is 1.41. The zero-order valence-electron chi connectivity index (χ0n) is 12.2. The van der Waals surface area contributed by atoms with Crippen molar-refractivity contribution in [2.75, 3.05) is 26.3 Å². The number of piperidine rings is 1. The van der Waals surface area contributed by atoms with Crippen molar-refractivity contribution in [3.8, 4) is 0 Å². The van der Waals surface area contributed by atoms with Crippen LogP contribution in [-0.4, -0.2) is 43.3 Å². The number of rotatable bonds is 3. The summed E-state index contributed by atoms with van der Waals surface area (Å²) in [7, 11) is 0. The maximum atomic E-state index is 6.16. The van der Waals surface area contributed by atoms with Crippen LogP contribution < -0.4 is 5.73 Å². The van der Waals surface area contributed by atoms with Crippen molar-refractivity contribution >= 4 is 0 Å². The van der Waals surface area contributed by atoms with E-state index in [1.807, 2.05) is 0 Å². The molecule has 0 aromatic heterocycles. The van der Waals surface area contributed by atoms with Crippen LogP contribution in [0, 0.1) is 11.8 Å². The fraction of sp³-hybridized carbons (Fsp3) is 1.00. The predicted molar refractivity (Wildman–Crippen MR) is 78.1 cm³/mol. The van der Waals surface area contributed by atoms with Gasteiger partial charge in [0.05, 0.1) is 6.61 Å². The SMILES string of the molecule is NCC(C1CCCOC1)N1CCC[C@H]2CCCC[C@H]21. The van der Waals surface area contributed by atoms with Crippen LogP contribution in [0.1, 0.15) is 51.4 Å². The van der Waals surface area contributed by atoms with Gasteiger partial charge in [-0.25, -0.2) is 0 Å². The van der Waals surface area contributed by atoms with E-state index >= 15 is 0 Å². The van der Waals surface area contributed by atoms with Gasteiger partial charge in [-0.1, -0.05) is 12.8 Å². The van der Waals surface area contributed by atoms with Gasteiger partial charge in [0, 0.05) is 25.2 Å². The Morgan fingerprint density at radius 2 is 1.89 bits per heavy atom. The average molecular weight is 266 g/mol. The Hall–Kier alpha value is -0.120. The van der Waals surface area contributed by atoms with Crippen molar-refractivity contribution in [1.82, 2.24) is 4.90 Å². The summed E-state index contributed by atoms with van der Waals surface area (Å²) in [5.74, 6) is 1.64. The molecule has 2 N–H and O–H groups in total. The first-order valence-corrected chi connectivity index (χ1v) is 8.43. The standard InChI is InChI=1S/C16H30N2O/c17-11-16(14-7-4-10-19-12-14)18-9-3-6-13-5-1-2-8-15(13)18/h13-16H,1-12,17H2/t13-,14?,15-,16?/m1/s1. The Balaban J connectivity index is 1.69. The molecular weight excluding hydrogens is 236 g/mol. The molecule has 3 nitrogen and oxygen atoms in total. The Bertz CT molecular complexity index is 276. The van der Waals surface area contributed by atoms with Crippen LogP contribution in [0.5, 0.6) is 0 Å². The van der Waals surface area contributed by atoms with Crippen molar-refractivity contribution in [1.29, 1.82) is 0 Å². The number of nitrogens with two attached hydrogens (primary N) is 1. The third kappa shape index (κ3) is 2.98. The Morgan fingerprint density at radius 3 is 2.68 bits per heavy atom. The van der Waals surface area contributed by atoms with Crippen LogP contribution in [0.4, 0.5) is 0 Å². The number of hydrogen-bond acceptors (Lipinski definition) is 3. The van der Waals surface area contributed by atoms with Crippen LogP contribution in [0.2, 0.25) is 0 Å². The maximum absolute atomic E-state index is 6.16. The van der Waals surface area contributed by atoms with Gasteiger partial charge in [-0.15, -0.1) is 0 Å². The maximum Gasteiger partial charge on any atom is 0.0509 e. The Morgan fingerprint density at radius 1 is 1.05 bits per heavy atom. The summed E-state index contributed by atoms with van der Waals surface area (Å²) in [6.45, 7) is 3.99. The van der Waals surface area contributed by atoms with E-state index in [0.29, 0.717) is 12.0 Å². The van der Waals surface area contributed by atoms with Gasteiger partial charge in [-0.3, -0.25) is 4.90 Å². The van der Waals surface area contributed by atoms with Crippen LogP contribution in [0.3, 0.4) is 0 Å². The second-order valence-electron chi connectivity index (χ2n) is 6.77. The molecular formula is C16H30N2O. The van der Waals surface area contributed by atoms with E-state index in [1.165, 1.54) is 57.9 Å². The van der Waals surface area contributed by atoms with E-state index in [-0.39, 0.29) is 0 Å². The van der Waals surface area contributed by atoms with Crippen LogP contribution in [0.15, 0.2) is 0 Å². The molecule has 4 atom stereocenters. The first kappa shape index (κ1) is 13.8. The van der Waals surface area contributed by atoms with Gasteiger partial charge in [-0.2, -0.15) is 0 Å². The molecule has 2 unspecified atom stereocenters. The second kappa shape index (κ2) is 6.55. The van der Waals surface area contributed by atoms with Gasteiger partial charge in [0.2, 0.25) is 0 Å². The number of nitrogens with zero attached hydrogens (tertiary/aromatic N) is 1. The molecule has 2 saturated heterocycles. The molecule has 0 bridgehead atoms. The largest absolute Gasteiger partial charge is 0.381 e. The Labute approximate surface area is 117 Å². The van der Waals surface area contributed by atoms with E-state index in [9.17, 15) is 0 Å². The van der Waals surface area contributed by atoms with Gasteiger partial charge in [0.25, 0.3) is 0 Å². The highest BCUT2D eigenvalue weighted by Gasteiger charge is 2.39. The van der Waals surface area contributed by atoms with E-state index in [0.717, 1.165) is 31.7 Å². The number of likely N-dealkylation sites (tertiary alicyclic amines) is 1. The first-order valence-electron chi connectivity index (χ1n) is 8.43. The lowest BCUT2D eigenvalue weighted by atomic mass is 9.76. The smallest absolute Gasteiger partial charge is 0.0509 e. The number of ether oxygens (including phenoxy) is 1. The molecule has 2 aliphatic heterocycles. The quantitative estimate of drug-likeness (QED) is 0.852. The summed E-state index contributed by atoms with van der Waals surface area (Å²) in [6.07, 6.45) is 11.1. The average Bonchev–Trinajstić information content (AvgIpc) is 2.49. The third-order valence-corrected chi connectivity index (χ3v) is 5.69. The fourth-order valence-corrected chi connectivity index (χ4v) is 4.74. The molecule has 1 aliphatic carbocycles. The van der Waals surface area contributed by atoms with Gasteiger partial charge in [0.15, 0.2) is 0 Å². The molecule has 1 saturated carbocycles. The summed E-state index contributed by atoms with van der Waals surface area (Å²) in [5.41, 5.74) is 6.16. The van der Waals surface area contributed by atoms with Crippen molar-refractivity contribution in [2.24, 2.45) is 17.6 Å². The highest BCUT2D eigenvalue weighted by Crippen LogP contribution is 2.37. The predicted octanol–water partition coefficient (Wildman–Crippen LogP) is 2.39. The highest BCUT2D eigenvalue weighted by molar-refractivity contribution is 4.93. The minimum absolute atomic E-state index is 0.575. The van der Waals surface area contributed by atoms with Crippen LogP contribution in [-0.2, 0) is 4.74 Å². The van der Waals surface area contributed by atoms with Crippen LogP contribution in [0.25, 0.3) is 0 Å². The van der Waals surface area contributed by atoms with Gasteiger partial charge >= 0.3 is 0 Å². The molecule has 2 heterocycles. The first-order chi connectivity index (χ1) is 9.40. The molecule has 0 aromatic carbocycles. The van der Waals surface area contributed by atoms with Crippen molar-refractivity contribution in [2.45, 2.75) is 63.5 Å². The zero-order valence-corrected chi connectivity index (χ0v) is 12.2. The molecule has 3 heteroatoms. The van der Waals surface area contributed by atoms with Crippen molar-refractivity contribution < 1.29 is 4.74 Å². The molecule has 0 radical (unpaired) electrons. The molecule has 3 fully saturated rings. The topological polar surface area (TPSA) is 38.5 Å². The monoisotopic (exact) mass is 266 g/mol. The molecule has 3 aliphatic rings. The molecule has 110 valence electrons. The van der Waals surface area contributed by atoms with Gasteiger partial charge in [-0.05, 0) is 56.9 Å². The van der Waals surface area contributed by atoms with E-state index in [2.05, 4.69) is 4.90 Å². The minimum atomic E-state index is 0.575. The normalized spacial score (nSPS) is 38.7. The van der Waals surface area contributed by atoms with Crippen molar-refractivity contribution in [3.05, 3.63) is 0 Å². The molecule has 0 spiro atoms. The zero-order chi connectivity index (χ0) is 13.1. The minimum Gasteiger partial charge on any atom is -0.381 e. The summed E-state index contributed by atoms with van der Waals surface area (Å²) in [5, 5.41) is 0. The van der Waals surface area contributed by atoms with E-state index in [1.54, 1.807) is 0 Å². The van der Waals surface area contributed by atoms with Gasteiger partial charge in [0.1, 0.15) is 0 Å². The molecule has 3 rings (SSSR count). The van der Waals surface area contributed by atoms with Crippen LogP contribution >= 0.6 is 0 Å². The summed E-state index contributed by atoms with van der Waals surface area (Å²) in [4.78, 5) is 2.80. The summed E-state index contributed by atoms with van der Waals surface area (Å²) < 4.78 is 5.71. The number of hydrogen-bond donors (Lipinski definition) is 1. The molecule has 19 heavy (non-hydrogen) atoms. The lowest BCUT2D eigenvalue weighted by molar-refractivity contribution is -0.0333. The Kier molecular flexibility index (Phi) is 4.78. The highest BCUT2D eigenvalue weighted by atomic mass is 16.5. The van der Waals surface area contributed by atoms with Gasteiger partial charge < -0.3 is 10.5 Å². The lowest BCUT2D eigenvalue weighted by Crippen LogP contribution is -2.57. The fourth-order valence-electron chi connectivity index (χ4n) is 4.74. The summed E-state index contributed by atoms with van der Waals surface area (Å²) >= 11 is 0. The molecule has 0 amide bonds. The third-order valence-electron chi connectivity index (χ3n) is 5.69. The van der Waals surface area contributed by atoms with E-state index < -0.39 is 0 Å². The molecule has 0 aromatic rings. The lowest BCUT2D eigenvalue weighted by Gasteiger charge is -2.49. The second-order valence-corrected chi connectivity index (χ2v) is 6.77. The van der Waals surface area contributed by atoms with E-state index in [4.69, 9.17) is 10.5 Å².